The maximum atomic E-state index is 13.2. The van der Waals surface area contributed by atoms with Crippen molar-refractivity contribution >= 4 is 46.2 Å². The van der Waals surface area contributed by atoms with Gasteiger partial charge in [-0.3, -0.25) is 19.7 Å². The highest BCUT2D eigenvalue weighted by atomic mass is 32.1. The molecular formula is C26H26N6O2S2. The fourth-order valence-electron chi connectivity index (χ4n) is 3.88. The number of aliphatic imine (C=N–C) groups is 1. The number of amides is 1. The van der Waals surface area contributed by atoms with Crippen molar-refractivity contribution in [2.24, 2.45) is 4.99 Å². The van der Waals surface area contributed by atoms with E-state index in [2.05, 4.69) is 25.2 Å². The Hall–Kier alpha value is -3.44. The number of rotatable bonds is 8. The van der Waals surface area contributed by atoms with E-state index in [1.807, 2.05) is 41.1 Å². The summed E-state index contributed by atoms with van der Waals surface area (Å²) in [6.07, 6.45) is 5.23. The first-order valence-electron chi connectivity index (χ1n) is 11.6. The largest absolute Gasteiger partial charge is 0.398 e. The van der Waals surface area contributed by atoms with Gasteiger partial charge in [0.15, 0.2) is 0 Å². The molecule has 36 heavy (non-hydrogen) atoms. The average molecular weight is 519 g/mol. The summed E-state index contributed by atoms with van der Waals surface area (Å²) in [6, 6.07) is 9.55. The first kappa shape index (κ1) is 24.3. The molecule has 10 heteroatoms. The van der Waals surface area contributed by atoms with Gasteiger partial charge in [0, 0.05) is 71.7 Å². The number of pyridine rings is 1. The van der Waals surface area contributed by atoms with E-state index in [1.54, 1.807) is 35.3 Å². The molecule has 0 radical (unpaired) electrons. The van der Waals surface area contributed by atoms with Gasteiger partial charge in [0.25, 0.3) is 5.91 Å². The zero-order valence-electron chi connectivity index (χ0n) is 19.6. The minimum absolute atomic E-state index is 0.280. The molecule has 3 aromatic heterocycles. The molecule has 1 saturated heterocycles. The molecule has 184 valence electrons. The molecule has 1 aromatic carbocycles. The summed E-state index contributed by atoms with van der Waals surface area (Å²) in [7, 11) is 0. The average Bonchev–Trinajstić information content (AvgIpc) is 3.62. The number of aromatic nitrogens is 2. The summed E-state index contributed by atoms with van der Waals surface area (Å²) < 4.78 is 5.40. The van der Waals surface area contributed by atoms with E-state index in [-0.39, 0.29) is 5.91 Å². The zero-order valence-corrected chi connectivity index (χ0v) is 21.2. The summed E-state index contributed by atoms with van der Waals surface area (Å²) in [5, 5.41) is 9.58. The van der Waals surface area contributed by atoms with Crippen LogP contribution >= 0.6 is 22.7 Å². The number of carbonyl (C=O) groups excluding carboxylic acids is 1. The van der Waals surface area contributed by atoms with Crippen LogP contribution in [0.1, 0.15) is 16.1 Å². The number of ether oxygens (including phenoxy) is 1. The van der Waals surface area contributed by atoms with Gasteiger partial charge in [0.2, 0.25) is 0 Å². The predicted molar refractivity (Wildman–Crippen MR) is 147 cm³/mol. The van der Waals surface area contributed by atoms with Crippen molar-refractivity contribution < 1.29 is 9.53 Å². The van der Waals surface area contributed by atoms with Gasteiger partial charge in [-0.15, -0.1) is 11.3 Å². The number of nitrogens with two attached hydrogens (primary N) is 1. The van der Waals surface area contributed by atoms with Crippen LogP contribution in [0, 0.1) is 0 Å². The number of benzene rings is 1. The molecule has 4 heterocycles. The lowest BCUT2D eigenvalue weighted by atomic mass is 10.0. The second-order valence-corrected chi connectivity index (χ2v) is 9.90. The number of hydrogen-bond donors (Lipinski definition) is 2. The van der Waals surface area contributed by atoms with Crippen LogP contribution < -0.4 is 11.1 Å². The summed E-state index contributed by atoms with van der Waals surface area (Å²) in [4.78, 5) is 28.7. The third-order valence-electron chi connectivity index (χ3n) is 5.83. The third kappa shape index (κ3) is 5.85. The number of thiophene rings is 1. The van der Waals surface area contributed by atoms with Gasteiger partial charge < -0.3 is 15.8 Å². The topological polar surface area (TPSA) is 106 Å². The van der Waals surface area contributed by atoms with Gasteiger partial charge in [0.05, 0.1) is 19.8 Å². The van der Waals surface area contributed by atoms with E-state index in [0.717, 1.165) is 60.1 Å². The molecule has 0 spiro atoms. The van der Waals surface area contributed by atoms with Crippen molar-refractivity contribution in [3.63, 3.8) is 0 Å². The molecule has 0 saturated carbocycles. The highest BCUT2D eigenvalue weighted by Crippen LogP contribution is 2.34. The van der Waals surface area contributed by atoms with Crippen LogP contribution in [0.5, 0.6) is 0 Å². The lowest BCUT2D eigenvalue weighted by Gasteiger charge is -2.25. The molecule has 1 aliphatic rings. The number of nitrogen functional groups attached to an aromatic ring is 1. The van der Waals surface area contributed by atoms with Crippen molar-refractivity contribution in [2.45, 2.75) is 0 Å². The first-order valence-corrected chi connectivity index (χ1v) is 13.4. The van der Waals surface area contributed by atoms with Gasteiger partial charge in [0.1, 0.15) is 10.7 Å². The zero-order chi connectivity index (χ0) is 24.7. The normalized spacial score (nSPS) is 14.3. The summed E-state index contributed by atoms with van der Waals surface area (Å²) in [5.74, 6) is -0.280. The first-order chi connectivity index (χ1) is 17.7. The SMILES string of the molecule is Nc1cc(-c2ccsc2)c(NC(=O)c2csc(-c3cccnc3)n2)cc1C=NCCN1CCOCC1. The van der Waals surface area contributed by atoms with Crippen LogP contribution in [0.3, 0.4) is 0 Å². The summed E-state index contributed by atoms with van der Waals surface area (Å²) in [6.45, 7) is 4.95. The Morgan fingerprint density at radius 3 is 2.89 bits per heavy atom. The fourth-order valence-corrected chi connectivity index (χ4v) is 5.32. The number of carbonyl (C=O) groups is 1. The Kier molecular flexibility index (Phi) is 7.77. The number of nitrogens with zero attached hydrogens (tertiary/aromatic N) is 4. The van der Waals surface area contributed by atoms with Gasteiger partial charge in [-0.2, -0.15) is 11.3 Å². The molecule has 0 aliphatic carbocycles. The maximum Gasteiger partial charge on any atom is 0.275 e. The molecule has 0 atom stereocenters. The number of nitrogens with one attached hydrogen (secondary N) is 1. The standard InChI is InChI=1S/C26H26N6O2S2/c27-22-13-21(19-3-11-35-16-19)23(12-20(22)15-29-5-6-32-7-9-34-10-8-32)30-25(33)24-17-36-26(31-24)18-2-1-4-28-14-18/h1-4,11-17H,5-10,27H2,(H,30,33). The van der Waals surface area contributed by atoms with E-state index in [0.29, 0.717) is 23.6 Å². The van der Waals surface area contributed by atoms with Crippen LogP contribution in [0.25, 0.3) is 21.7 Å². The van der Waals surface area contributed by atoms with Crippen molar-refractivity contribution in [1.82, 2.24) is 14.9 Å². The Labute approximate surface area is 217 Å². The summed E-state index contributed by atoms with van der Waals surface area (Å²) in [5.41, 5.74) is 11.5. The molecule has 1 amide bonds. The van der Waals surface area contributed by atoms with Crippen LogP contribution in [0.15, 0.2) is 63.9 Å². The third-order valence-corrected chi connectivity index (χ3v) is 7.40. The van der Waals surface area contributed by atoms with E-state index in [9.17, 15) is 4.79 Å². The molecular weight excluding hydrogens is 492 g/mol. The van der Waals surface area contributed by atoms with E-state index in [4.69, 9.17) is 10.5 Å². The molecule has 4 aromatic rings. The quantitative estimate of drug-likeness (QED) is 0.262. The van der Waals surface area contributed by atoms with E-state index >= 15 is 0 Å². The monoisotopic (exact) mass is 518 g/mol. The van der Waals surface area contributed by atoms with Crippen molar-refractivity contribution in [3.05, 3.63) is 70.1 Å². The number of morpholine rings is 1. The number of hydrogen-bond acceptors (Lipinski definition) is 9. The van der Waals surface area contributed by atoms with Gasteiger partial charge >= 0.3 is 0 Å². The van der Waals surface area contributed by atoms with E-state index in [1.165, 1.54) is 11.3 Å². The second kappa shape index (κ2) is 11.5. The minimum Gasteiger partial charge on any atom is -0.398 e. The van der Waals surface area contributed by atoms with Crippen molar-refractivity contribution in [2.75, 3.05) is 50.4 Å². The lowest BCUT2D eigenvalue weighted by molar-refractivity contribution is 0.0395. The molecule has 3 N–H and O–H groups in total. The van der Waals surface area contributed by atoms with Gasteiger partial charge in [-0.05, 0) is 46.7 Å². The molecule has 8 nitrogen and oxygen atoms in total. The van der Waals surface area contributed by atoms with Gasteiger partial charge in [-0.1, -0.05) is 0 Å². The van der Waals surface area contributed by atoms with Crippen molar-refractivity contribution in [3.8, 4) is 21.7 Å². The van der Waals surface area contributed by atoms with Crippen molar-refractivity contribution in [1.29, 1.82) is 0 Å². The molecule has 1 fully saturated rings. The van der Waals surface area contributed by atoms with Crippen LogP contribution in [0.4, 0.5) is 11.4 Å². The number of anilines is 2. The Morgan fingerprint density at radius 1 is 1.22 bits per heavy atom. The fraction of sp³-hybridized carbons (Fsp3) is 0.231. The minimum atomic E-state index is -0.280. The van der Waals surface area contributed by atoms with Gasteiger partial charge in [-0.25, -0.2) is 4.98 Å². The Morgan fingerprint density at radius 2 is 2.11 bits per heavy atom. The highest BCUT2D eigenvalue weighted by Gasteiger charge is 2.17. The van der Waals surface area contributed by atoms with Crippen LogP contribution in [-0.2, 0) is 4.74 Å². The molecule has 5 rings (SSSR count). The molecule has 0 bridgehead atoms. The van der Waals surface area contributed by atoms with Crippen LogP contribution in [-0.4, -0.2) is 66.4 Å². The number of thiazole rings is 1. The Balaban J connectivity index is 1.35. The second-order valence-electron chi connectivity index (χ2n) is 8.26. The smallest absolute Gasteiger partial charge is 0.275 e. The Bertz CT molecular complexity index is 1330. The summed E-state index contributed by atoms with van der Waals surface area (Å²) >= 11 is 3.00. The highest BCUT2D eigenvalue weighted by molar-refractivity contribution is 7.13. The molecule has 0 unspecified atom stereocenters. The predicted octanol–water partition coefficient (Wildman–Crippen LogP) is 4.52. The molecule has 1 aliphatic heterocycles. The van der Waals surface area contributed by atoms with E-state index < -0.39 is 0 Å². The van der Waals surface area contributed by atoms with Crippen LogP contribution in [0.2, 0.25) is 0 Å². The lowest BCUT2D eigenvalue weighted by Crippen LogP contribution is -2.37. The maximum absolute atomic E-state index is 13.2.